The quantitative estimate of drug-likeness (QED) is 0.631. The minimum atomic E-state index is -0.149. The van der Waals surface area contributed by atoms with Crippen molar-refractivity contribution < 1.29 is 14.3 Å². The number of methoxy groups -OCH3 is 1. The summed E-state index contributed by atoms with van der Waals surface area (Å²) in [5.74, 6) is 0.977. The van der Waals surface area contributed by atoms with Gasteiger partial charge in [-0.1, -0.05) is 42.0 Å². The molecule has 1 fully saturated rings. The molecular weight excluding hydrogens is 396 g/mol. The van der Waals surface area contributed by atoms with E-state index in [4.69, 9.17) is 4.74 Å². The lowest BCUT2D eigenvalue weighted by Crippen LogP contribution is -2.28. The average Bonchev–Trinajstić information content (AvgIpc) is 3.15. The summed E-state index contributed by atoms with van der Waals surface area (Å²) in [4.78, 5) is 26.8. The van der Waals surface area contributed by atoms with Crippen LogP contribution in [0.4, 0.5) is 11.4 Å². The number of nitrogens with zero attached hydrogens (tertiary/aromatic N) is 1. The van der Waals surface area contributed by atoms with E-state index in [2.05, 4.69) is 5.32 Å². The topological polar surface area (TPSA) is 58.6 Å². The molecule has 0 radical (unpaired) electrons. The van der Waals surface area contributed by atoms with Crippen molar-refractivity contribution in [2.24, 2.45) is 0 Å². The number of aryl methyl sites for hydroxylation is 1. The number of carbonyl (C=O) groups excluding carboxylic acids is 2. The number of para-hydroxylation sites is 2. The van der Waals surface area contributed by atoms with E-state index in [1.165, 1.54) is 0 Å². The zero-order chi connectivity index (χ0) is 21.1. The molecular formula is C24H22N2O3S. The van der Waals surface area contributed by atoms with Crippen molar-refractivity contribution in [2.75, 3.05) is 23.1 Å². The summed E-state index contributed by atoms with van der Waals surface area (Å²) < 4.78 is 5.45. The Bertz CT molecular complexity index is 1060. The number of amides is 2. The monoisotopic (exact) mass is 418 g/mol. The fraction of sp³-hybridized carbons (Fsp3) is 0.167. The number of carbonyl (C=O) groups is 2. The molecule has 1 saturated heterocycles. The summed E-state index contributed by atoms with van der Waals surface area (Å²) in [7, 11) is 1.60. The van der Waals surface area contributed by atoms with Gasteiger partial charge in [-0.15, -0.1) is 11.8 Å². The molecule has 2 amide bonds. The fourth-order valence-electron chi connectivity index (χ4n) is 3.40. The molecule has 1 heterocycles. The van der Waals surface area contributed by atoms with Crippen LogP contribution in [0, 0.1) is 6.92 Å². The van der Waals surface area contributed by atoms with Gasteiger partial charge >= 0.3 is 0 Å². The molecule has 0 aromatic heterocycles. The van der Waals surface area contributed by atoms with E-state index in [9.17, 15) is 9.59 Å². The number of rotatable bonds is 5. The predicted octanol–water partition coefficient (Wildman–Crippen LogP) is 5.03. The van der Waals surface area contributed by atoms with Gasteiger partial charge in [-0.3, -0.25) is 14.5 Å². The molecule has 4 rings (SSSR count). The van der Waals surface area contributed by atoms with Gasteiger partial charge in [-0.25, -0.2) is 0 Å². The van der Waals surface area contributed by atoms with Crippen molar-refractivity contribution in [1.29, 1.82) is 0 Å². The highest BCUT2D eigenvalue weighted by molar-refractivity contribution is 8.00. The fourth-order valence-corrected chi connectivity index (χ4v) is 4.57. The predicted molar refractivity (Wildman–Crippen MR) is 121 cm³/mol. The average molecular weight is 419 g/mol. The molecule has 30 heavy (non-hydrogen) atoms. The van der Waals surface area contributed by atoms with Gasteiger partial charge in [0.1, 0.15) is 11.1 Å². The number of nitrogens with one attached hydrogen (secondary N) is 1. The number of ether oxygens (including phenoxy) is 1. The van der Waals surface area contributed by atoms with Crippen molar-refractivity contribution in [2.45, 2.75) is 12.3 Å². The Hall–Kier alpha value is -3.25. The number of hydrogen-bond acceptors (Lipinski definition) is 4. The Morgan fingerprint density at radius 3 is 2.43 bits per heavy atom. The Morgan fingerprint density at radius 1 is 1.03 bits per heavy atom. The summed E-state index contributed by atoms with van der Waals surface area (Å²) in [6.07, 6.45) is 0. The van der Waals surface area contributed by atoms with Crippen molar-refractivity contribution in [3.63, 3.8) is 0 Å². The first kappa shape index (κ1) is 20.0. The Labute approximate surface area is 180 Å². The summed E-state index contributed by atoms with van der Waals surface area (Å²) in [5, 5.41) is 2.78. The van der Waals surface area contributed by atoms with Gasteiger partial charge in [-0.05, 0) is 48.9 Å². The van der Waals surface area contributed by atoms with Crippen molar-refractivity contribution in [3.05, 3.63) is 89.5 Å². The van der Waals surface area contributed by atoms with Crippen LogP contribution >= 0.6 is 11.8 Å². The lowest BCUT2D eigenvalue weighted by atomic mass is 10.1. The van der Waals surface area contributed by atoms with Crippen LogP contribution in [0.3, 0.4) is 0 Å². The van der Waals surface area contributed by atoms with Crippen LogP contribution in [-0.4, -0.2) is 24.7 Å². The van der Waals surface area contributed by atoms with Gasteiger partial charge in [-0.2, -0.15) is 0 Å². The maximum atomic E-state index is 12.6. The zero-order valence-corrected chi connectivity index (χ0v) is 17.6. The molecule has 1 N–H and O–H groups in total. The smallest absolute Gasteiger partial charge is 0.255 e. The van der Waals surface area contributed by atoms with E-state index in [1.807, 2.05) is 79.7 Å². The van der Waals surface area contributed by atoms with Crippen molar-refractivity contribution >= 4 is 35.0 Å². The maximum absolute atomic E-state index is 12.6. The second kappa shape index (κ2) is 8.63. The standard InChI is InChI=1S/C24H22N2O3S/c1-16-7-9-17(10-8-16)23(28)25-19-13-11-18(12-14-19)24-26(22(27)15-30-24)20-5-3-4-6-21(20)29-2/h3-14,24H,15H2,1-2H3,(H,25,28)/t24-/m0/s1. The third kappa shape index (κ3) is 4.04. The number of thioether (sulfide) groups is 1. The normalized spacial score (nSPS) is 15.9. The minimum absolute atomic E-state index is 0.0475. The van der Waals surface area contributed by atoms with Gasteiger partial charge in [0, 0.05) is 11.3 Å². The van der Waals surface area contributed by atoms with Crippen LogP contribution in [0.25, 0.3) is 0 Å². The summed E-state index contributed by atoms with van der Waals surface area (Å²) in [6, 6.07) is 22.6. The molecule has 1 atom stereocenters. The maximum Gasteiger partial charge on any atom is 0.255 e. The molecule has 5 nitrogen and oxygen atoms in total. The van der Waals surface area contributed by atoms with Crippen molar-refractivity contribution in [1.82, 2.24) is 0 Å². The highest BCUT2D eigenvalue weighted by Gasteiger charge is 2.35. The lowest BCUT2D eigenvalue weighted by molar-refractivity contribution is -0.115. The molecule has 3 aromatic carbocycles. The molecule has 1 aliphatic rings. The highest BCUT2D eigenvalue weighted by atomic mass is 32.2. The third-order valence-electron chi connectivity index (χ3n) is 4.98. The van der Waals surface area contributed by atoms with Crippen LogP contribution in [-0.2, 0) is 4.79 Å². The second-order valence-electron chi connectivity index (χ2n) is 7.04. The van der Waals surface area contributed by atoms with E-state index in [0.717, 1.165) is 16.8 Å². The van der Waals surface area contributed by atoms with Crippen LogP contribution in [0.1, 0.15) is 26.9 Å². The Kier molecular flexibility index (Phi) is 5.77. The summed E-state index contributed by atoms with van der Waals surface area (Å²) in [5.41, 5.74) is 4.19. The van der Waals surface area contributed by atoms with Crippen LogP contribution in [0.5, 0.6) is 5.75 Å². The molecule has 6 heteroatoms. The third-order valence-corrected chi connectivity index (χ3v) is 6.19. The van der Waals surface area contributed by atoms with Gasteiger partial charge in [0.15, 0.2) is 0 Å². The van der Waals surface area contributed by atoms with E-state index in [0.29, 0.717) is 22.8 Å². The molecule has 152 valence electrons. The Morgan fingerprint density at radius 2 is 1.73 bits per heavy atom. The zero-order valence-electron chi connectivity index (χ0n) is 16.8. The number of anilines is 2. The van der Waals surface area contributed by atoms with Crippen LogP contribution in [0.15, 0.2) is 72.8 Å². The molecule has 0 saturated carbocycles. The summed E-state index contributed by atoms with van der Waals surface area (Å²) in [6.45, 7) is 1.99. The minimum Gasteiger partial charge on any atom is -0.495 e. The largest absolute Gasteiger partial charge is 0.495 e. The van der Waals surface area contributed by atoms with Gasteiger partial charge in [0.2, 0.25) is 5.91 Å². The van der Waals surface area contributed by atoms with Gasteiger partial charge in [0.05, 0.1) is 18.6 Å². The number of benzene rings is 3. The Balaban J connectivity index is 1.53. The second-order valence-corrected chi connectivity index (χ2v) is 8.11. The van der Waals surface area contributed by atoms with Crippen LogP contribution in [0.2, 0.25) is 0 Å². The van der Waals surface area contributed by atoms with Crippen LogP contribution < -0.4 is 15.0 Å². The first-order valence-electron chi connectivity index (χ1n) is 9.61. The molecule has 0 unspecified atom stereocenters. The van der Waals surface area contributed by atoms with Gasteiger partial charge in [0.25, 0.3) is 5.91 Å². The van der Waals surface area contributed by atoms with Gasteiger partial charge < -0.3 is 10.1 Å². The first-order chi connectivity index (χ1) is 14.6. The molecule has 0 spiro atoms. The SMILES string of the molecule is COc1ccccc1N1C(=O)CS[C@H]1c1ccc(NC(=O)c2ccc(C)cc2)cc1. The molecule has 1 aliphatic heterocycles. The van der Waals surface area contributed by atoms with E-state index in [-0.39, 0.29) is 17.2 Å². The van der Waals surface area contributed by atoms with Crippen molar-refractivity contribution in [3.8, 4) is 5.75 Å². The number of hydrogen-bond donors (Lipinski definition) is 1. The molecule has 0 aliphatic carbocycles. The van der Waals surface area contributed by atoms with E-state index in [1.54, 1.807) is 23.8 Å². The first-order valence-corrected chi connectivity index (χ1v) is 10.7. The van der Waals surface area contributed by atoms with E-state index >= 15 is 0 Å². The van der Waals surface area contributed by atoms with E-state index < -0.39 is 0 Å². The molecule has 0 bridgehead atoms. The highest BCUT2D eigenvalue weighted by Crippen LogP contribution is 2.44. The summed E-state index contributed by atoms with van der Waals surface area (Å²) >= 11 is 1.58. The lowest BCUT2D eigenvalue weighted by Gasteiger charge is -2.26. The molecule has 3 aromatic rings.